The number of aliphatic carboxylic acids is 1. The van der Waals surface area contributed by atoms with Crippen LogP contribution in [0.3, 0.4) is 0 Å². The number of hydrogen-bond acceptors (Lipinski definition) is 5. The quantitative estimate of drug-likeness (QED) is 0.415. The number of carbonyl (C=O) groups is 3. The zero-order valence-electron chi connectivity index (χ0n) is 16.4. The monoisotopic (exact) mass is 409 g/mol. The number of fused-ring (bicyclic) bond motifs is 3. The van der Waals surface area contributed by atoms with E-state index in [-0.39, 0.29) is 26.1 Å². The molecule has 3 rings (SSSR count). The van der Waals surface area contributed by atoms with Crippen molar-refractivity contribution in [1.29, 1.82) is 0 Å². The third kappa shape index (κ3) is 5.05. The van der Waals surface area contributed by atoms with E-state index >= 15 is 0 Å². The molecule has 1 unspecified atom stereocenters. The third-order valence-corrected chi connectivity index (χ3v) is 4.87. The van der Waals surface area contributed by atoms with Gasteiger partial charge in [0.2, 0.25) is 0 Å². The third-order valence-electron chi connectivity index (χ3n) is 4.87. The molecule has 156 valence electrons. The SMILES string of the molecule is C=CCOC(=O)C(CCC(=O)O)NC(=O)OCc1cccc2c1Cc1ccccc1-2. The topological polar surface area (TPSA) is 102 Å². The Bertz CT molecular complexity index is 968. The fourth-order valence-corrected chi connectivity index (χ4v) is 3.44. The molecule has 30 heavy (non-hydrogen) atoms. The van der Waals surface area contributed by atoms with E-state index in [0.29, 0.717) is 0 Å². The average molecular weight is 409 g/mol. The average Bonchev–Trinajstić information content (AvgIpc) is 3.12. The van der Waals surface area contributed by atoms with Crippen molar-refractivity contribution in [3.8, 4) is 11.1 Å². The van der Waals surface area contributed by atoms with Gasteiger partial charge in [0.05, 0.1) is 0 Å². The Morgan fingerprint density at radius 1 is 1.10 bits per heavy atom. The molecule has 0 fully saturated rings. The lowest BCUT2D eigenvalue weighted by molar-refractivity contribution is -0.145. The van der Waals surface area contributed by atoms with E-state index in [1.54, 1.807) is 0 Å². The summed E-state index contributed by atoms with van der Waals surface area (Å²) in [7, 11) is 0. The number of carboxylic acids is 1. The van der Waals surface area contributed by atoms with E-state index < -0.39 is 24.1 Å². The van der Waals surface area contributed by atoms with Crippen LogP contribution in [0.5, 0.6) is 0 Å². The molecule has 0 aromatic heterocycles. The Morgan fingerprint density at radius 2 is 1.87 bits per heavy atom. The second kappa shape index (κ2) is 9.73. The van der Waals surface area contributed by atoms with Gasteiger partial charge in [-0.15, -0.1) is 0 Å². The lowest BCUT2D eigenvalue weighted by Gasteiger charge is -2.17. The number of alkyl carbamates (subject to hydrolysis) is 1. The summed E-state index contributed by atoms with van der Waals surface area (Å²) in [5, 5.41) is 11.3. The highest BCUT2D eigenvalue weighted by Gasteiger charge is 2.25. The molecule has 2 aromatic rings. The predicted molar refractivity (Wildman–Crippen MR) is 110 cm³/mol. The molecule has 0 aliphatic heterocycles. The summed E-state index contributed by atoms with van der Waals surface area (Å²) in [6.07, 6.45) is 0.948. The lowest BCUT2D eigenvalue weighted by atomic mass is 10.0. The van der Waals surface area contributed by atoms with E-state index in [9.17, 15) is 14.4 Å². The molecule has 7 nitrogen and oxygen atoms in total. The summed E-state index contributed by atoms with van der Waals surface area (Å²) in [5.74, 6) is -1.81. The van der Waals surface area contributed by atoms with Gasteiger partial charge in [0.15, 0.2) is 0 Å². The van der Waals surface area contributed by atoms with Crippen LogP contribution >= 0.6 is 0 Å². The molecule has 1 aliphatic carbocycles. The van der Waals surface area contributed by atoms with Gasteiger partial charge in [0.1, 0.15) is 19.3 Å². The molecular weight excluding hydrogens is 386 g/mol. The van der Waals surface area contributed by atoms with Crippen LogP contribution in [-0.2, 0) is 32.1 Å². The van der Waals surface area contributed by atoms with Crippen LogP contribution in [0.25, 0.3) is 11.1 Å². The molecule has 1 aliphatic rings. The number of benzene rings is 2. The standard InChI is InChI=1S/C23H23NO6/c1-2-12-29-22(27)20(10-11-21(25)26)24-23(28)30-14-16-7-5-9-18-17-8-4-3-6-15(17)13-19(16)18/h2-9,20H,1,10-14H2,(H,24,28)(H,25,26). The van der Waals surface area contributed by atoms with Crippen LogP contribution in [0.15, 0.2) is 55.1 Å². The van der Waals surface area contributed by atoms with Crippen molar-refractivity contribution in [2.45, 2.75) is 31.9 Å². The molecule has 1 atom stereocenters. The van der Waals surface area contributed by atoms with Crippen molar-refractivity contribution in [3.63, 3.8) is 0 Å². The molecule has 0 radical (unpaired) electrons. The molecule has 2 N–H and O–H groups in total. The van der Waals surface area contributed by atoms with Crippen molar-refractivity contribution in [2.75, 3.05) is 6.61 Å². The van der Waals surface area contributed by atoms with Crippen molar-refractivity contribution in [3.05, 3.63) is 71.8 Å². The maximum absolute atomic E-state index is 12.3. The van der Waals surface area contributed by atoms with Crippen molar-refractivity contribution >= 4 is 18.0 Å². The molecule has 0 saturated carbocycles. The zero-order chi connectivity index (χ0) is 21.5. The minimum Gasteiger partial charge on any atom is -0.481 e. The van der Waals surface area contributed by atoms with Gasteiger partial charge in [-0.3, -0.25) is 4.79 Å². The van der Waals surface area contributed by atoms with Crippen LogP contribution in [-0.4, -0.2) is 35.8 Å². The van der Waals surface area contributed by atoms with Gasteiger partial charge in [-0.2, -0.15) is 0 Å². The maximum atomic E-state index is 12.3. The Labute approximate surface area is 174 Å². The van der Waals surface area contributed by atoms with Crippen molar-refractivity contribution < 1.29 is 29.0 Å². The number of rotatable bonds is 9. The summed E-state index contributed by atoms with van der Waals surface area (Å²) in [6, 6.07) is 12.9. The van der Waals surface area contributed by atoms with Crippen LogP contribution in [0.2, 0.25) is 0 Å². The summed E-state index contributed by atoms with van der Waals surface area (Å²) >= 11 is 0. The number of ether oxygens (including phenoxy) is 2. The molecule has 0 bridgehead atoms. The number of carbonyl (C=O) groups excluding carboxylic acids is 2. The van der Waals surface area contributed by atoms with Gasteiger partial charge >= 0.3 is 18.0 Å². The molecule has 7 heteroatoms. The summed E-state index contributed by atoms with van der Waals surface area (Å²) < 4.78 is 10.2. The molecule has 1 amide bonds. The van der Waals surface area contributed by atoms with Crippen LogP contribution < -0.4 is 5.32 Å². The Balaban J connectivity index is 1.63. The Kier molecular flexibility index (Phi) is 6.85. The molecule has 0 heterocycles. The van der Waals surface area contributed by atoms with Crippen LogP contribution in [0.1, 0.15) is 29.5 Å². The fourth-order valence-electron chi connectivity index (χ4n) is 3.44. The van der Waals surface area contributed by atoms with E-state index in [0.717, 1.165) is 23.1 Å². The number of esters is 1. The first kappa shape index (κ1) is 21.1. The van der Waals surface area contributed by atoms with E-state index in [2.05, 4.69) is 24.0 Å². The molecular formula is C23H23NO6. The molecule has 0 spiro atoms. The largest absolute Gasteiger partial charge is 0.481 e. The minimum absolute atomic E-state index is 0.0319. The fraction of sp³-hybridized carbons (Fsp3) is 0.261. The Hall–Kier alpha value is -3.61. The Morgan fingerprint density at radius 3 is 2.63 bits per heavy atom. The molecule has 2 aromatic carbocycles. The van der Waals surface area contributed by atoms with Gasteiger partial charge in [0.25, 0.3) is 0 Å². The van der Waals surface area contributed by atoms with Gasteiger partial charge in [0, 0.05) is 6.42 Å². The lowest BCUT2D eigenvalue weighted by Crippen LogP contribution is -2.42. The predicted octanol–water partition coefficient (Wildman–Crippen LogP) is 3.45. The van der Waals surface area contributed by atoms with Crippen molar-refractivity contribution in [2.24, 2.45) is 0 Å². The van der Waals surface area contributed by atoms with Gasteiger partial charge in [-0.05, 0) is 40.7 Å². The smallest absolute Gasteiger partial charge is 0.408 e. The van der Waals surface area contributed by atoms with Crippen molar-refractivity contribution in [1.82, 2.24) is 5.32 Å². The maximum Gasteiger partial charge on any atom is 0.408 e. The van der Waals surface area contributed by atoms with Gasteiger partial charge < -0.3 is 19.9 Å². The normalized spacial score (nSPS) is 12.3. The van der Waals surface area contributed by atoms with E-state index in [1.807, 2.05) is 30.3 Å². The second-order valence-corrected chi connectivity index (χ2v) is 6.90. The highest BCUT2D eigenvalue weighted by atomic mass is 16.6. The van der Waals surface area contributed by atoms with Gasteiger partial charge in [-0.1, -0.05) is 55.1 Å². The first-order valence-corrected chi connectivity index (χ1v) is 9.61. The zero-order valence-corrected chi connectivity index (χ0v) is 16.4. The van der Waals surface area contributed by atoms with Gasteiger partial charge in [-0.25, -0.2) is 9.59 Å². The number of nitrogens with one attached hydrogen (secondary N) is 1. The first-order valence-electron chi connectivity index (χ1n) is 9.61. The van der Waals surface area contributed by atoms with E-state index in [4.69, 9.17) is 14.6 Å². The number of amides is 1. The summed E-state index contributed by atoms with van der Waals surface area (Å²) in [4.78, 5) is 35.2. The summed E-state index contributed by atoms with van der Waals surface area (Å²) in [6.45, 7) is 3.46. The first-order chi connectivity index (χ1) is 14.5. The van der Waals surface area contributed by atoms with Crippen LogP contribution in [0.4, 0.5) is 4.79 Å². The second-order valence-electron chi connectivity index (χ2n) is 6.90. The van der Waals surface area contributed by atoms with Crippen LogP contribution in [0, 0.1) is 0 Å². The number of hydrogen-bond donors (Lipinski definition) is 2. The molecule has 0 saturated heterocycles. The van der Waals surface area contributed by atoms with E-state index in [1.165, 1.54) is 17.2 Å². The highest BCUT2D eigenvalue weighted by Crippen LogP contribution is 2.38. The summed E-state index contributed by atoms with van der Waals surface area (Å²) in [5.41, 5.74) is 5.52. The highest BCUT2D eigenvalue weighted by molar-refractivity contribution is 5.82. The minimum atomic E-state index is -1.11. The number of carboxylic acid groups (broad SMARTS) is 1.